The molecule has 1 rings (SSSR count). The van der Waals surface area contributed by atoms with E-state index in [1.165, 1.54) is 11.8 Å². The summed E-state index contributed by atoms with van der Waals surface area (Å²) in [5.74, 6) is 0.906. The number of nitrogens with one attached hydrogen (secondary N) is 1. The highest BCUT2D eigenvalue weighted by Crippen LogP contribution is 2.19. The maximum atomic E-state index is 3.99. The zero-order valence-corrected chi connectivity index (χ0v) is 7.83. The van der Waals surface area contributed by atoms with E-state index >= 15 is 0 Å². The van der Waals surface area contributed by atoms with Crippen LogP contribution < -0.4 is 0 Å². The number of thioether (sulfide) groups is 1. The number of H-pyrrole nitrogens is 1. The summed E-state index contributed by atoms with van der Waals surface area (Å²) in [5.41, 5.74) is 0.0426. The van der Waals surface area contributed by atoms with Crippen molar-refractivity contribution in [3.05, 3.63) is 12.1 Å². The fraction of sp³-hybridized carbons (Fsp3) is 0.571. The van der Waals surface area contributed by atoms with Gasteiger partial charge in [0.25, 0.3) is 0 Å². The number of hydrogen-bond donors (Lipinski definition) is 1. The first-order valence-corrected chi connectivity index (χ1v) is 4.38. The van der Waals surface area contributed by atoms with Gasteiger partial charge in [-0.2, -0.15) is 0 Å². The quantitative estimate of drug-likeness (QED) is 0.655. The largest absolute Gasteiger partial charge is 0.320 e. The third-order valence-corrected chi connectivity index (χ3v) is 1.77. The predicted octanol–water partition coefficient (Wildman–Crippen LogP) is 1.99. The average molecular weight is 170 g/mol. The Labute approximate surface area is 71.0 Å². The van der Waals surface area contributed by atoms with Gasteiger partial charge in [0.1, 0.15) is 5.82 Å². The summed E-state index contributed by atoms with van der Waals surface area (Å²) < 4.78 is 0. The second-order valence-electron chi connectivity index (χ2n) is 3.37. The van der Waals surface area contributed by atoms with Crippen LogP contribution in [0, 0.1) is 6.26 Å². The molecule has 4 heteroatoms. The highest BCUT2D eigenvalue weighted by molar-refractivity contribution is 8.00. The third-order valence-electron chi connectivity index (χ3n) is 1.31. The molecule has 0 atom stereocenters. The van der Waals surface area contributed by atoms with Crippen molar-refractivity contribution in [3.63, 3.8) is 0 Å². The Morgan fingerprint density at radius 2 is 2.00 bits per heavy atom. The molecule has 1 radical (unpaired) electrons. The molecule has 0 aromatic carbocycles. The lowest BCUT2D eigenvalue weighted by Gasteiger charge is -2.12. The van der Waals surface area contributed by atoms with Gasteiger partial charge in [-0.1, -0.05) is 32.5 Å². The van der Waals surface area contributed by atoms with Gasteiger partial charge in [-0.15, -0.1) is 10.2 Å². The maximum Gasteiger partial charge on any atom is 0.188 e. The van der Waals surface area contributed by atoms with Gasteiger partial charge in [0.2, 0.25) is 0 Å². The predicted molar refractivity (Wildman–Crippen MR) is 46.3 cm³/mol. The smallest absolute Gasteiger partial charge is 0.188 e. The van der Waals surface area contributed by atoms with E-state index in [-0.39, 0.29) is 5.41 Å². The fourth-order valence-electron chi connectivity index (χ4n) is 0.649. The zero-order valence-electron chi connectivity index (χ0n) is 7.01. The first-order chi connectivity index (χ1) is 5.04. The number of aromatic nitrogens is 3. The number of nitrogens with zero attached hydrogens (tertiary/aromatic N) is 2. The van der Waals surface area contributed by atoms with Gasteiger partial charge in [-0.25, -0.2) is 0 Å². The van der Waals surface area contributed by atoms with Gasteiger partial charge in [-0.05, 0) is 0 Å². The van der Waals surface area contributed by atoms with Gasteiger partial charge < -0.3 is 4.98 Å². The molecule has 0 aliphatic carbocycles. The zero-order chi connectivity index (χ0) is 8.48. The Kier molecular flexibility index (Phi) is 2.23. The normalized spacial score (nSPS) is 12.0. The van der Waals surface area contributed by atoms with Crippen molar-refractivity contribution in [1.29, 1.82) is 0 Å². The highest BCUT2D eigenvalue weighted by atomic mass is 32.2. The molecule has 0 aliphatic rings. The van der Waals surface area contributed by atoms with Crippen molar-refractivity contribution < 1.29 is 0 Å². The third kappa shape index (κ3) is 1.96. The molecule has 0 fully saturated rings. The minimum absolute atomic E-state index is 0.0426. The van der Waals surface area contributed by atoms with E-state index in [0.29, 0.717) is 0 Å². The van der Waals surface area contributed by atoms with Gasteiger partial charge in [0.05, 0.1) is 0 Å². The van der Waals surface area contributed by atoms with Crippen LogP contribution in [0.5, 0.6) is 0 Å². The van der Waals surface area contributed by atoms with Crippen LogP contribution in [0.25, 0.3) is 0 Å². The van der Waals surface area contributed by atoms with E-state index in [1.807, 2.05) is 0 Å². The Morgan fingerprint density at radius 3 is 2.27 bits per heavy atom. The summed E-state index contributed by atoms with van der Waals surface area (Å²) in [7, 11) is 0. The Balaban J connectivity index is 2.89. The van der Waals surface area contributed by atoms with Crippen LogP contribution in [-0.2, 0) is 5.41 Å². The molecule has 61 valence electrons. The van der Waals surface area contributed by atoms with Crippen molar-refractivity contribution in [2.75, 3.05) is 0 Å². The minimum atomic E-state index is 0.0426. The van der Waals surface area contributed by atoms with Crippen LogP contribution >= 0.6 is 11.8 Å². The second-order valence-corrected chi connectivity index (χ2v) is 4.05. The monoisotopic (exact) mass is 170 g/mol. The first-order valence-electron chi connectivity index (χ1n) is 3.39. The van der Waals surface area contributed by atoms with E-state index < -0.39 is 0 Å². The molecule has 1 N–H and O–H groups in total. The molecule has 1 aromatic heterocycles. The number of hydrogen-bond acceptors (Lipinski definition) is 3. The van der Waals surface area contributed by atoms with Gasteiger partial charge in [0.15, 0.2) is 5.16 Å². The van der Waals surface area contributed by atoms with Crippen molar-refractivity contribution in [2.24, 2.45) is 0 Å². The van der Waals surface area contributed by atoms with Crippen molar-refractivity contribution in [2.45, 2.75) is 31.3 Å². The van der Waals surface area contributed by atoms with Crippen molar-refractivity contribution in [3.8, 4) is 0 Å². The van der Waals surface area contributed by atoms with E-state index in [2.05, 4.69) is 42.2 Å². The Morgan fingerprint density at radius 1 is 1.36 bits per heavy atom. The molecule has 0 bridgehead atoms. The van der Waals surface area contributed by atoms with Crippen LogP contribution in [0.1, 0.15) is 26.6 Å². The fourth-order valence-corrected chi connectivity index (χ4v) is 0.917. The minimum Gasteiger partial charge on any atom is -0.320 e. The standard InChI is InChI=1S/C7H12N3S/c1-7(2,3)5-8-6(11-4)10-9-5/h4H2,1-3H3,(H,8,9,10). The Hall–Kier alpha value is -0.510. The number of aromatic amines is 1. The molecule has 0 saturated heterocycles. The summed E-state index contributed by atoms with van der Waals surface area (Å²) in [5, 5.41) is 8.66. The molecule has 0 amide bonds. The van der Waals surface area contributed by atoms with E-state index in [4.69, 9.17) is 0 Å². The molecule has 1 heterocycles. The maximum absolute atomic E-state index is 3.99. The lowest BCUT2D eigenvalue weighted by atomic mass is 9.96. The van der Waals surface area contributed by atoms with Gasteiger partial charge >= 0.3 is 0 Å². The highest BCUT2D eigenvalue weighted by Gasteiger charge is 2.17. The molecule has 0 saturated carbocycles. The summed E-state index contributed by atoms with van der Waals surface area (Å²) in [6.07, 6.45) is 3.63. The molecule has 3 nitrogen and oxygen atoms in total. The molecular weight excluding hydrogens is 158 g/mol. The van der Waals surface area contributed by atoms with Crippen LogP contribution in [-0.4, -0.2) is 15.2 Å². The molecule has 1 aromatic rings. The molecule has 0 aliphatic heterocycles. The second kappa shape index (κ2) is 2.85. The van der Waals surface area contributed by atoms with E-state index in [0.717, 1.165) is 11.0 Å². The van der Waals surface area contributed by atoms with Gasteiger partial charge in [-0.3, -0.25) is 0 Å². The topological polar surface area (TPSA) is 41.6 Å². The summed E-state index contributed by atoms with van der Waals surface area (Å²) >= 11 is 1.33. The summed E-state index contributed by atoms with van der Waals surface area (Å²) in [6, 6.07) is 0. The molecule has 11 heavy (non-hydrogen) atoms. The van der Waals surface area contributed by atoms with Crippen molar-refractivity contribution >= 4 is 11.8 Å². The van der Waals surface area contributed by atoms with Crippen LogP contribution in [0.15, 0.2) is 5.16 Å². The van der Waals surface area contributed by atoms with Crippen molar-refractivity contribution in [1.82, 2.24) is 15.2 Å². The van der Waals surface area contributed by atoms with Crippen LogP contribution in [0.4, 0.5) is 0 Å². The van der Waals surface area contributed by atoms with E-state index in [9.17, 15) is 0 Å². The van der Waals surface area contributed by atoms with Gasteiger partial charge in [0, 0.05) is 11.7 Å². The van der Waals surface area contributed by atoms with E-state index in [1.54, 1.807) is 0 Å². The van der Waals surface area contributed by atoms with Crippen LogP contribution in [0.3, 0.4) is 0 Å². The molecule has 0 unspecified atom stereocenters. The molecule has 0 spiro atoms. The number of rotatable bonds is 1. The lowest BCUT2D eigenvalue weighted by molar-refractivity contribution is 0.547. The Bertz CT molecular complexity index is 236. The lowest BCUT2D eigenvalue weighted by Crippen LogP contribution is -2.13. The first kappa shape index (κ1) is 8.59. The average Bonchev–Trinajstić information content (AvgIpc) is 2.32. The van der Waals surface area contributed by atoms with Crippen LogP contribution in [0.2, 0.25) is 0 Å². The molecular formula is C7H12N3S. The SMILES string of the molecule is [CH2]Sc1nnc(C(C)(C)C)[nH]1. The summed E-state index contributed by atoms with van der Waals surface area (Å²) in [6.45, 7) is 6.27. The summed E-state index contributed by atoms with van der Waals surface area (Å²) in [4.78, 5) is 3.08.